The number of benzene rings is 1. The van der Waals surface area contributed by atoms with Gasteiger partial charge in [-0.1, -0.05) is 17.7 Å². The van der Waals surface area contributed by atoms with Gasteiger partial charge in [0.2, 0.25) is 0 Å². The van der Waals surface area contributed by atoms with E-state index in [9.17, 15) is 9.59 Å². The molecule has 0 atom stereocenters. The van der Waals surface area contributed by atoms with Gasteiger partial charge in [-0.15, -0.1) is 0 Å². The minimum Gasteiger partial charge on any atom is -0.459 e. The summed E-state index contributed by atoms with van der Waals surface area (Å²) in [6.07, 6.45) is 1.41. The van der Waals surface area contributed by atoms with Gasteiger partial charge in [-0.05, 0) is 38.1 Å². The molecule has 2 rings (SSSR count). The van der Waals surface area contributed by atoms with Gasteiger partial charge in [0, 0.05) is 6.54 Å². The molecule has 0 saturated carbocycles. The van der Waals surface area contributed by atoms with Gasteiger partial charge < -0.3 is 9.73 Å². The van der Waals surface area contributed by atoms with Crippen LogP contribution in [0, 0.1) is 6.92 Å². The van der Waals surface area contributed by atoms with Crippen molar-refractivity contribution >= 4 is 17.5 Å². The van der Waals surface area contributed by atoms with Gasteiger partial charge in [-0.3, -0.25) is 20.0 Å². The molecule has 1 aromatic carbocycles. The number of hydrogen-bond acceptors (Lipinski definition) is 4. The molecule has 22 heavy (non-hydrogen) atoms. The molecule has 0 aliphatic rings. The van der Waals surface area contributed by atoms with Gasteiger partial charge in [-0.2, -0.15) is 0 Å². The maximum Gasteiger partial charge on any atom is 0.287 e. The minimum absolute atomic E-state index is 0.123. The first-order valence-corrected chi connectivity index (χ1v) is 7.05. The summed E-state index contributed by atoms with van der Waals surface area (Å²) < 4.78 is 4.96. The Balaban J connectivity index is 1.87. The highest BCUT2D eigenvalue weighted by atomic mass is 16.3. The van der Waals surface area contributed by atoms with E-state index in [2.05, 4.69) is 10.7 Å². The molecule has 0 bridgehead atoms. The molecule has 116 valence electrons. The van der Waals surface area contributed by atoms with Crippen molar-refractivity contribution in [1.82, 2.24) is 10.7 Å². The Morgan fingerprint density at radius 3 is 2.50 bits per heavy atom. The molecule has 2 aromatic rings. The number of hydrogen-bond donors (Lipinski definition) is 2. The fraction of sp³-hybridized carbons (Fsp3) is 0.250. The molecule has 0 fully saturated rings. The van der Waals surface area contributed by atoms with Crippen LogP contribution in [0.5, 0.6) is 0 Å². The molecule has 6 nitrogen and oxygen atoms in total. The van der Waals surface area contributed by atoms with Crippen molar-refractivity contribution in [1.29, 1.82) is 0 Å². The monoisotopic (exact) mass is 301 g/mol. The van der Waals surface area contributed by atoms with E-state index >= 15 is 0 Å². The molecule has 0 radical (unpaired) electrons. The molecule has 0 aliphatic carbocycles. The number of carbonyl (C=O) groups is 2. The van der Waals surface area contributed by atoms with Crippen LogP contribution < -0.4 is 15.8 Å². The zero-order valence-corrected chi connectivity index (χ0v) is 12.6. The van der Waals surface area contributed by atoms with Crippen molar-refractivity contribution in [2.24, 2.45) is 0 Å². The predicted molar refractivity (Wildman–Crippen MR) is 83.4 cm³/mol. The van der Waals surface area contributed by atoms with Crippen molar-refractivity contribution in [3.8, 4) is 0 Å². The third-order valence-corrected chi connectivity index (χ3v) is 3.08. The number of hydrazine groups is 1. The van der Waals surface area contributed by atoms with Gasteiger partial charge in [-0.25, -0.2) is 0 Å². The second-order valence-electron chi connectivity index (χ2n) is 4.77. The molecule has 0 unspecified atom stereocenters. The van der Waals surface area contributed by atoms with Crippen LogP contribution in [-0.2, 0) is 4.79 Å². The summed E-state index contributed by atoms with van der Waals surface area (Å²) in [5, 5.41) is 4.23. The second-order valence-corrected chi connectivity index (χ2v) is 4.77. The maximum absolute atomic E-state index is 11.9. The van der Waals surface area contributed by atoms with Crippen molar-refractivity contribution in [3.05, 3.63) is 54.0 Å². The van der Waals surface area contributed by atoms with Crippen LogP contribution in [-0.4, -0.2) is 24.9 Å². The van der Waals surface area contributed by atoms with Gasteiger partial charge >= 0.3 is 0 Å². The SMILES string of the molecule is CCN(NC(=O)CNC(=O)c1ccco1)c1ccc(C)cc1. The van der Waals surface area contributed by atoms with Crippen LogP contribution in [0.15, 0.2) is 47.1 Å². The zero-order chi connectivity index (χ0) is 15.9. The largest absolute Gasteiger partial charge is 0.459 e. The van der Waals surface area contributed by atoms with E-state index in [1.807, 2.05) is 38.1 Å². The number of rotatable bonds is 6. The van der Waals surface area contributed by atoms with E-state index in [1.165, 1.54) is 12.3 Å². The molecular formula is C16H19N3O3. The molecule has 2 amide bonds. The van der Waals surface area contributed by atoms with Crippen molar-refractivity contribution in [2.75, 3.05) is 18.1 Å². The van der Waals surface area contributed by atoms with Crippen LogP contribution in [0.4, 0.5) is 5.69 Å². The predicted octanol–water partition coefficient (Wildman–Crippen LogP) is 1.88. The van der Waals surface area contributed by atoms with Crippen molar-refractivity contribution < 1.29 is 14.0 Å². The topological polar surface area (TPSA) is 74.6 Å². The number of amides is 2. The van der Waals surface area contributed by atoms with Crippen LogP contribution in [0.1, 0.15) is 23.0 Å². The molecule has 6 heteroatoms. The van der Waals surface area contributed by atoms with Gasteiger partial charge in [0.25, 0.3) is 11.8 Å². The average molecular weight is 301 g/mol. The Bertz CT molecular complexity index is 621. The van der Waals surface area contributed by atoms with Crippen molar-refractivity contribution in [3.63, 3.8) is 0 Å². The molecule has 1 heterocycles. The highest BCUT2D eigenvalue weighted by molar-refractivity contribution is 5.94. The first-order chi connectivity index (χ1) is 10.6. The summed E-state index contributed by atoms with van der Waals surface area (Å²) in [4.78, 5) is 23.6. The summed E-state index contributed by atoms with van der Waals surface area (Å²) in [6.45, 7) is 4.42. The quantitative estimate of drug-likeness (QED) is 0.799. The fourth-order valence-corrected chi connectivity index (χ4v) is 1.90. The molecule has 0 saturated heterocycles. The maximum atomic E-state index is 11.9. The van der Waals surface area contributed by atoms with Gasteiger partial charge in [0.15, 0.2) is 5.76 Å². The van der Waals surface area contributed by atoms with E-state index < -0.39 is 5.91 Å². The molecule has 2 N–H and O–H groups in total. The van der Waals surface area contributed by atoms with Crippen LogP contribution >= 0.6 is 0 Å². The normalized spacial score (nSPS) is 10.1. The fourth-order valence-electron chi connectivity index (χ4n) is 1.90. The van der Waals surface area contributed by atoms with Gasteiger partial charge in [0.05, 0.1) is 18.5 Å². The molecular weight excluding hydrogens is 282 g/mol. The number of nitrogens with zero attached hydrogens (tertiary/aromatic N) is 1. The van der Waals surface area contributed by atoms with E-state index in [4.69, 9.17) is 4.42 Å². The lowest BCUT2D eigenvalue weighted by molar-refractivity contribution is -0.120. The second kappa shape index (κ2) is 7.31. The first kappa shape index (κ1) is 15.6. The number of furan rings is 1. The number of nitrogens with one attached hydrogen (secondary N) is 2. The van der Waals surface area contributed by atoms with E-state index in [0.717, 1.165) is 11.3 Å². The number of anilines is 1. The Hall–Kier alpha value is -2.76. The Labute approximate surface area is 129 Å². The summed E-state index contributed by atoms with van der Waals surface area (Å²) in [5.74, 6) is -0.542. The van der Waals surface area contributed by atoms with Crippen LogP contribution in [0.3, 0.4) is 0 Å². The van der Waals surface area contributed by atoms with Crippen LogP contribution in [0.25, 0.3) is 0 Å². The standard InChI is InChI=1S/C16H19N3O3/c1-3-19(13-8-6-12(2)7-9-13)18-15(20)11-17-16(21)14-5-4-10-22-14/h4-10H,3,11H2,1-2H3,(H,17,21)(H,18,20). The molecule has 1 aromatic heterocycles. The summed E-state index contributed by atoms with van der Waals surface area (Å²) in [6, 6.07) is 11.0. The van der Waals surface area contributed by atoms with Crippen molar-refractivity contribution in [2.45, 2.75) is 13.8 Å². The smallest absolute Gasteiger partial charge is 0.287 e. The first-order valence-electron chi connectivity index (χ1n) is 7.05. The lowest BCUT2D eigenvalue weighted by Crippen LogP contribution is -2.46. The highest BCUT2D eigenvalue weighted by Gasteiger charge is 2.12. The third-order valence-electron chi connectivity index (χ3n) is 3.08. The Kier molecular flexibility index (Phi) is 5.19. The number of carbonyl (C=O) groups excluding carboxylic acids is 2. The Morgan fingerprint density at radius 2 is 1.91 bits per heavy atom. The number of aryl methyl sites for hydroxylation is 1. The summed E-state index contributed by atoms with van der Waals surface area (Å²) in [7, 11) is 0. The molecule has 0 spiro atoms. The average Bonchev–Trinajstić information content (AvgIpc) is 3.05. The van der Waals surface area contributed by atoms with Gasteiger partial charge in [0.1, 0.15) is 0 Å². The van der Waals surface area contributed by atoms with E-state index in [0.29, 0.717) is 6.54 Å². The lowest BCUT2D eigenvalue weighted by atomic mass is 10.2. The lowest BCUT2D eigenvalue weighted by Gasteiger charge is -2.24. The molecule has 0 aliphatic heterocycles. The van der Waals surface area contributed by atoms with E-state index in [-0.39, 0.29) is 18.2 Å². The summed E-state index contributed by atoms with van der Waals surface area (Å²) >= 11 is 0. The van der Waals surface area contributed by atoms with E-state index in [1.54, 1.807) is 11.1 Å². The third kappa shape index (κ3) is 4.12. The van der Waals surface area contributed by atoms with Crippen LogP contribution in [0.2, 0.25) is 0 Å². The minimum atomic E-state index is -0.418. The zero-order valence-electron chi connectivity index (χ0n) is 12.6. The summed E-state index contributed by atoms with van der Waals surface area (Å²) in [5.41, 5.74) is 4.79. The Morgan fingerprint density at radius 1 is 1.18 bits per heavy atom. The highest BCUT2D eigenvalue weighted by Crippen LogP contribution is 2.12.